The molecule has 4 aromatic rings. The lowest BCUT2D eigenvalue weighted by Gasteiger charge is -2.19. The molecule has 0 radical (unpaired) electrons. The first-order valence-electron chi connectivity index (χ1n) is 10.6. The highest BCUT2D eigenvalue weighted by molar-refractivity contribution is 6.30. The molecule has 7 nitrogen and oxygen atoms in total. The molecule has 0 unspecified atom stereocenters. The van der Waals surface area contributed by atoms with Gasteiger partial charge in [0.15, 0.2) is 0 Å². The summed E-state index contributed by atoms with van der Waals surface area (Å²) in [5, 5.41) is 13.5. The molecule has 0 spiro atoms. The third-order valence-corrected chi connectivity index (χ3v) is 5.72. The van der Waals surface area contributed by atoms with E-state index in [1.54, 1.807) is 54.7 Å². The maximum atomic E-state index is 13.1. The molecule has 4 rings (SSSR count). The summed E-state index contributed by atoms with van der Waals surface area (Å²) in [5.74, 6) is -0.973. The lowest BCUT2D eigenvalue weighted by Crippen LogP contribution is -2.11. The van der Waals surface area contributed by atoms with Gasteiger partial charge in [-0.15, -0.1) is 0 Å². The number of aromatic nitrogens is 1. The number of halogens is 1. The highest BCUT2D eigenvalue weighted by Gasteiger charge is 2.18. The Morgan fingerprint density at radius 3 is 2.31 bits per heavy atom. The predicted molar refractivity (Wildman–Crippen MR) is 137 cm³/mol. The van der Waals surface area contributed by atoms with Crippen molar-refractivity contribution < 1.29 is 19.4 Å². The highest BCUT2D eigenvalue weighted by Crippen LogP contribution is 2.30. The van der Waals surface area contributed by atoms with E-state index in [1.807, 2.05) is 36.2 Å². The number of carbonyl (C=O) groups is 2. The SMILES string of the molecule is COc1ccccc1Nc1ccc(C(=O)c2ccc(N(C)c3ccc(Cl)cc3)cn2)cc1C(=O)O. The number of carboxylic acid groups (broad SMARTS) is 1. The smallest absolute Gasteiger partial charge is 0.337 e. The molecular weight excluding hydrogens is 466 g/mol. The molecule has 2 N–H and O–H groups in total. The molecule has 0 bridgehead atoms. The Morgan fingerprint density at radius 2 is 1.66 bits per heavy atom. The number of aromatic carboxylic acids is 1. The number of nitrogens with one attached hydrogen (secondary N) is 1. The van der Waals surface area contributed by atoms with E-state index in [4.69, 9.17) is 16.3 Å². The van der Waals surface area contributed by atoms with Gasteiger partial charge in [-0.3, -0.25) is 9.78 Å². The minimum atomic E-state index is -1.16. The van der Waals surface area contributed by atoms with Crippen LogP contribution < -0.4 is 15.0 Å². The molecule has 0 aliphatic carbocycles. The molecule has 3 aromatic carbocycles. The van der Waals surface area contributed by atoms with Crippen LogP contribution in [0.15, 0.2) is 85.1 Å². The van der Waals surface area contributed by atoms with Crippen LogP contribution in [0.3, 0.4) is 0 Å². The van der Waals surface area contributed by atoms with Crippen LogP contribution in [-0.2, 0) is 0 Å². The van der Waals surface area contributed by atoms with Crippen molar-refractivity contribution in [1.82, 2.24) is 4.98 Å². The summed E-state index contributed by atoms with van der Waals surface area (Å²) in [6, 6.07) is 22.4. The number of anilines is 4. The maximum absolute atomic E-state index is 13.1. The minimum absolute atomic E-state index is 0.0409. The zero-order valence-corrected chi connectivity index (χ0v) is 19.8. The van der Waals surface area contributed by atoms with Gasteiger partial charge in [-0.25, -0.2) is 4.79 Å². The van der Waals surface area contributed by atoms with Crippen LogP contribution in [-0.4, -0.2) is 36.0 Å². The standard InChI is InChI=1S/C27H22ClN3O4/c1-31(19-10-8-18(28)9-11-19)20-12-14-24(29-16-20)26(32)17-7-13-22(21(15-17)27(33)34)30-23-5-3-4-6-25(23)35-2/h3-16,30H,1-2H3,(H,33,34). The summed E-state index contributed by atoms with van der Waals surface area (Å²) in [7, 11) is 3.42. The Kier molecular flexibility index (Phi) is 6.98. The number of methoxy groups -OCH3 is 1. The predicted octanol–water partition coefficient (Wildman–Crippen LogP) is 6.18. The van der Waals surface area contributed by atoms with Crippen LogP contribution in [0.1, 0.15) is 26.4 Å². The molecule has 0 saturated carbocycles. The van der Waals surface area contributed by atoms with E-state index in [1.165, 1.54) is 13.2 Å². The van der Waals surface area contributed by atoms with E-state index in [-0.39, 0.29) is 22.6 Å². The topological polar surface area (TPSA) is 91.8 Å². The number of hydrogen-bond acceptors (Lipinski definition) is 6. The average molecular weight is 488 g/mol. The van der Waals surface area contributed by atoms with E-state index in [0.29, 0.717) is 22.1 Å². The van der Waals surface area contributed by atoms with Crippen molar-refractivity contribution in [2.24, 2.45) is 0 Å². The Bertz CT molecular complexity index is 1370. The lowest BCUT2D eigenvalue weighted by molar-refractivity contribution is 0.0698. The summed E-state index contributed by atoms with van der Waals surface area (Å²) >= 11 is 5.96. The number of ether oxygens (including phenoxy) is 1. The molecule has 176 valence electrons. The monoisotopic (exact) mass is 487 g/mol. The van der Waals surface area contributed by atoms with E-state index < -0.39 is 5.97 Å². The number of rotatable bonds is 8. The van der Waals surface area contributed by atoms with Crippen molar-refractivity contribution in [2.45, 2.75) is 0 Å². The fraction of sp³-hybridized carbons (Fsp3) is 0.0741. The summed E-state index contributed by atoms with van der Waals surface area (Å²) in [6.07, 6.45) is 1.59. The third-order valence-electron chi connectivity index (χ3n) is 5.47. The van der Waals surface area contributed by atoms with Gasteiger partial charge in [0.25, 0.3) is 0 Å². The van der Waals surface area contributed by atoms with Crippen LogP contribution in [0.4, 0.5) is 22.7 Å². The van der Waals surface area contributed by atoms with Gasteiger partial charge in [-0.2, -0.15) is 0 Å². The second-order valence-corrected chi connectivity index (χ2v) is 8.09. The van der Waals surface area contributed by atoms with Crippen molar-refractivity contribution in [3.8, 4) is 5.75 Å². The van der Waals surface area contributed by atoms with E-state index in [2.05, 4.69) is 10.3 Å². The summed E-state index contributed by atoms with van der Waals surface area (Å²) < 4.78 is 5.32. The molecule has 1 aromatic heterocycles. The van der Waals surface area contributed by atoms with E-state index >= 15 is 0 Å². The second-order valence-electron chi connectivity index (χ2n) is 7.66. The molecule has 0 aliphatic heterocycles. The summed E-state index contributed by atoms with van der Waals surface area (Å²) in [6.45, 7) is 0. The first-order valence-corrected chi connectivity index (χ1v) is 11.0. The van der Waals surface area contributed by atoms with E-state index in [0.717, 1.165) is 11.4 Å². The molecule has 0 aliphatic rings. The summed E-state index contributed by atoms with van der Waals surface area (Å²) in [4.78, 5) is 31.2. The molecule has 1 heterocycles. The quantitative estimate of drug-likeness (QED) is 0.286. The van der Waals surface area contributed by atoms with Crippen molar-refractivity contribution in [3.63, 3.8) is 0 Å². The van der Waals surface area contributed by atoms with Gasteiger partial charge in [0.2, 0.25) is 5.78 Å². The normalized spacial score (nSPS) is 10.5. The Morgan fingerprint density at radius 1 is 0.943 bits per heavy atom. The van der Waals surface area contributed by atoms with Gasteiger partial charge < -0.3 is 20.1 Å². The fourth-order valence-corrected chi connectivity index (χ4v) is 3.67. The molecule has 35 heavy (non-hydrogen) atoms. The number of para-hydroxylation sites is 2. The number of carbonyl (C=O) groups excluding carboxylic acids is 1. The number of carboxylic acids is 1. The first-order chi connectivity index (χ1) is 16.9. The number of benzene rings is 3. The largest absolute Gasteiger partial charge is 0.495 e. The van der Waals surface area contributed by atoms with Gasteiger partial charge in [-0.05, 0) is 66.7 Å². The number of pyridine rings is 1. The molecule has 0 atom stereocenters. The van der Waals surface area contributed by atoms with Crippen LogP contribution >= 0.6 is 11.6 Å². The number of hydrogen-bond donors (Lipinski definition) is 2. The zero-order valence-electron chi connectivity index (χ0n) is 19.0. The second kappa shape index (κ2) is 10.3. The highest BCUT2D eigenvalue weighted by atomic mass is 35.5. The molecular formula is C27H22ClN3O4. The van der Waals surface area contributed by atoms with Gasteiger partial charge in [0.05, 0.1) is 35.9 Å². The third kappa shape index (κ3) is 5.26. The van der Waals surface area contributed by atoms with Crippen LogP contribution in [0, 0.1) is 0 Å². The molecule has 8 heteroatoms. The molecule has 0 saturated heterocycles. The zero-order chi connectivity index (χ0) is 24.9. The van der Waals surface area contributed by atoms with Gasteiger partial charge in [0, 0.05) is 23.3 Å². The van der Waals surface area contributed by atoms with Crippen LogP contribution in [0.2, 0.25) is 5.02 Å². The average Bonchev–Trinajstić information content (AvgIpc) is 2.89. The van der Waals surface area contributed by atoms with Gasteiger partial charge in [-0.1, -0.05) is 23.7 Å². The number of ketones is 1. The van der Waals surface area contributed by atoms with Crippen molar-refractivity contribution in [3.05, 3.63) is 107 Å². The Labute approximate surface area is 207 Å². The fourth-order valence-electron chi connectivity index (χ4n) is 3.54. The van der Waals surface area contributed by atoms with E-state index in [9.17, 15) is 14.7 Å². The van der Waals surface area contributed by atoms with Crippen molar-refractivity contribution in [2.75, 3.05) is 24.4 Å². The summed E-state index contributed by atoms with van der Waals surface area (Å²) in [5.41, 5.74) is 3.04. The minimum Gasteiger partial charge on any atom is -0.495 e. The van der Waals surface area contributed by atoms with Crippen molar-refractivity contribution >= 4 is 46.1 Å². The van der Waals surface area contributed by atoms with Crippen molar-refractivity contribution in [1.29, 1.82) is 0 Å². The maximum Gasteiger partial charge on any atom is 0.337 e. The Hall–Kier alpha value is -4.36. The molecule has 0 amide bonds. The van der Waals surface area contributed by atoms with Gasteiger partial charge >= 0.3 is 5.97 Å². The van der Waals surface area contributed by atoms with Gasteiger partial charge in [0.1, 0.15) is 11.4 Å². The Balaban J connectivity index is 1.57. The van der Waals surface area contributed by atoms with Crippen LogP contribution in [0.5, 0.6) is 5.75 Å². The molecule has 0 fully saturated rings. The first kappa shape index (κ1) is 23.8. The van der Waals surface area contributed by atoms with Crippen LogP contribution in [0.25, 0.3) is 0 Å². The lowest BCUT2D eigenvalue weighted by atomic mass is 10.0. The number of nitrogens with zero attached hydrogens (tertiary/aromatic N) is 2.